The summed E-state index contributed by atoms with van der Waals surface area (Å²) < 4.78 is 0. The third kappa shape index (κ3) is 7.07. The van der Waals surface area contributed by atoms with Gasteiger partial charge in [-0.1, -0.05) is 6.92 Å². The van der Waals surface area contributed by atoms with Gasteiger partial charge in [0.2, 0.25) is 0 Å². The maximum atomic E-state index is 4.87. The molecular weight excluding hydrogens is 244 g/mol. The lowest BCUT2D eigenvalue weighted by atomic mass is 10.3. The van der Waals surface area contributed by atoms with Gasteiger partial charge in [-0.3, -0.25) is 10.9 Å². The summed E-state index contributed by atoms with van der Waals surface area (Å²) in [4.78, 5) is 0. The van der Waals surface area contributed by atoms with Gasteiger partial charge in [0.1, 0.15) is 0 Å². The van der Waals surface area contributed by atoms with Crippen LogP contribution in [0.2, 0.25) is 0 Å². The number of hydrogen-bond acceptors (Lipinski definition) is 4. The maximum absolute atomic E-state index is 4.87. The zero-order valence-corrected chi connectivity index (χ0v) is 11.1. The first-order chi connectivity index (χ1) is 7.63. The molecule has 0 radical (unpaired) electrons. The first-order valence-electron chi connectivity index (χ1n) is 4.69. The second-order valence-corrected chi connectivity index (χ2v) is 3.41. The molecule has 0 aliphatic carbocycles. The Morgan fingerprint density at radius 3 is 2.19 bits per heavy atom. The van der Waals surface area contributed by atoms with E-state index in [-0.39, 0.29) is 0 Å². The highest BCUT2D eigenvalue weighted by molar-refractivity contribution is 7.80. The molecule has 16 heavy (non-hydrogen) atoms. The number of hydrazone groups is 2. The zero-order valence-electron chi connectivity index (χ0n) is 9.50. The van der Waals surface area contributed by atoms with Crippen LogP contribution >= 0.6 is 24.4 Å². The highest BCUT2D eigenvalue weighted by atomic mass is 32.1. The largest absolute Gasteiger partial charge is 0.364 e. The third-order valence-corrected chi connectivity index (χ3v) is 2.09. The van der Waals surface area contributed by atoms with Gasteiger partial charge in [0.05, 0.1) is 11.9 Å². The first kappa shape index (κ1) is 14.7. The Kier molecular flexibility index (Phi) is 8.26. The fourth-order valence-electron chi connectivity index (χ4n) is 0.599. The van der Waals surface area contributed by atoms with E-state index in [1.807, 2.05) is 6.92 Å². The fraction of sp³-hybridized carbons (Fsp3) is 0.500. The summed E-state index contributed by atoms with van der Waals surface area (Å²) in [5.74, 6) is 0. The van der Waals surface area contributed by atoms with E-state index in [0.29, 0.717) is 10.2 Å². The lowest BCUT2D eigenvalue weighted by molar-refractivity contribution is 0.963. The fourth-order valence-corrected chi connectivity index (χ4v) is 0.697. The van der Waals surface area contributed by atoms with Crippen molar-refractivity contribution in [3.05, 3.63) is 0 Å². The Labute approximate surface area is 106 Å². The lowest BCUT2D eigenvalue weighted by Gasteiger charge is -2.03. The van der Waals surface area contributed by atoms with Crippen molar-refractivity contribution < 1.29 is 0 Å². The molecule has 0 unspecified atom stereocenters. The topological polar surface area (TPSA) is 72.8 Å². The Hall–Kier alpha value is -1.28. The summed E-state index contributed by atoms with van der Waals surface area (Å²) in [5.41, 5.74) is 6.06. The molecule has 0 saturated heterocycles. The van der Waals surface area contributed by atoms with Crippen LogP contribution in [-0.2, 0) is 0 Å². The van der Waals surface area contributed by atoms with E-state index in [1.165, 1.54) is 0 Å². The van der Waals surface area contributed by atoms with E-state index in [1.54, 1.807) is 20.3 Å². The van der Waals surface area contributed by atoms with Crippen molar-refractivity contribution in [2.45, 2.75) is 13.3 Å². The molecule has 0 aliphatic heterocycles. The minimum absolute atomic E-state index is 0.449. The van der Waals surface area contributed by atoms with E-state index in [0.717, 1.165) is 12.1 Å². The minimum Gasteiger partial charge on any atom is -0.364 e. The van der Waals surface area contributed by atoms with Gasteiger partial charge in [-0.15, -0.1) is 0 Å². The van der Waals surface area contributed by atoms with Crippen molar-refractivity contribution in [3.63, 3.8) is 0 Å². The number of hydrogen-bond donors (Lipinski definition) is 4. The van der Waals surface area contributed by atoms with Crippen LogP contribution in [-0.4, -0.2) is 36.2 Å². The molecule has 0 bridgehead atoms. The summed E-state index contributed by atoms with van der Waals surface area (Å²) in [6.07, 6.45) is 2.31. The van der Waals surface area contributed by atoms with E-state index < -0.39 is 0 Å². The van der Waals surface area contributed by atoms with Gasteiger partial charge in [-0.05, 0) is 30.9 Å². The molecule has 0 amide bonds. The summed E-state index contributed by atoms with van der Waals surface area (Å²) >= 11 is 9.72. The van der Waals surface area contributed by atoms with Crippen LogP contribution in [0, 0.1) is 0 Å². The highest BCUT2D eigenvalue weighted by Crippen LogP contribution is 1.81. The molecule has 0 aromatic carbocycles. The molecule has 0 aromatic rings. The van der Waals surface area contributed by atoms with Gasteiger partial charge >= 0.3 is 0 Å². The Bertz CT molecular complexity index is 299. The van der Waals surface area contributed by atoms with Crippen molar-refractivity contribution >= 4 is 46.6 Å². The second-order valence-electron chi connectivity index (χ2n) is 2.60. The zero-order chi connectivity index (χ0) is 12.4. The van der Waals surface area contributed by atoms with Crippen molar-refractivity contribution in [2.24, 2.45) is 10.2 Å². The molecule has 0 saturated carbocycles. The van der Waals surface area contributed by atoms with E-state index in [4.69, 9.17) is 24.4 Å². The molecule has 6 nitrogen and oxygen atoms in total. The standard InChI is InChI=1S/C8H16N6S2/c1-4-6(12-14-8(16)10-3)5-11-13-7(15)9-2/h5H,4H2,1-3H3,(H2,9,13,15)(H2,10,14,16). The summed E-state index contributed by atoms with van der Waals surface area (Å²) in [5, 5.41) is 14.3. The van der Waals surface area contributed by atoms with Crippen molar-refractivity contribution in [3.8, 4) is 0 Å². The van der Waals surface area contributed by atoms with E-state index in [2.05, 4.69) is 31.7 Å². The normalized spacial score (nSPS) is 11.1. The van der Waals surface area contributed by atoms with Crippen molar-refractivity contribution in [1.82, 2.24) is 21.5 Å². The van der Waals surface area contributed by atoms with Crippen LogP contribution in [0.15, 0.2) is 10.2 Å². The Morgan fingerprint density at radius 2 is 1.69 bits per heavy atom. The summed E-state index contributed by atoms with van der Waals surface area (Å²) in [7, 11) is 3.43. The molecule has 8 heteroatoms. The number of nitrogens with one attached hydrogen (secondary N) is 4. The van der Waals surface area contributed by atoms with Gasteiger partial charge in [-0.25, -0.2) is 0 Å². The summed E-state index contributed by atoms with van der Waals surface area (Å²) in [6.45, 7) is 1.96. The number of nitrogens with zero attached hydrogens (tertiary/aromatic N) is 2. The van der Waals surface area contributed by atoms with Crippen LogP contribution < -0.4 is 21.5 Å². The number of thiocarbonyl (C=S) groups is 2. The lowest BCUT2D eigenvalue weighted by Crippen LogP contribution is -2.30. The quantitative estimate of drug-likeness (QED) is 0.322. The van der Waals surface area contributed by atoms with Crippen LogP contribution in [0.25, 0.3) is 0 Å². The second kappa shape index (κ2) is 8.98. The molecule has 0 spiro atoms. The molecule has 0 rings (SSSR count). The van der Waals surface area contributed by atoms with Crippen molar-refractivity contribution in [1.29, 1.82) is 0 Å². The average molecular weight is 260 g/mol. The monoisotopic (exact) mass is 260 g/mol. The molecule has 0 heterocycles. The van der Waals surface area contributed by atoms with Crippen molar-refractivity contribution in [2.75, 3.05) is 14.1 Å². The molecule has 90 valence electrons. The van der Waals surface area contributed by atoms with E-state index in [9.17, 15) is 0 Å². The van der Waals surface area contributed by atoms with Gasteiger partial charge in [0.25, 0.3) is 0 Å². The number of rotatable bonds is 4. The molecule has 0 aromatic heterocycles. The van der Waals surface area contributed by atoms with Crippen LogP contribution in [0.4, 0.5) is 0 Å². The Balaban J connectivity index is 4.18. The smallest absolute Gasteiger partial charge is 0.186 e. The SMILES string of the molecule is CCC(C=NNC(=S)NC)=NNC(=S)NC. The van der Waals surface area contributed by atoms with Crippen LogP contribution in [0.3, 0.4) is 0 Å². The molecule has 4 N–H and O–H groups in total. The predicted octanol–water partition coefficient (Wildman–Crippen LogP) is -0.0740. The molecular formula is C8H16N6S2. The predicted molar refractivity (Wildman–Crippen MR) is 75.8 cm³/mol. The van der Waals surface area contributed by atoms with E-state index >= 15 is 0 Å². The highest BCUT2D eigenvalue weighted by Gasteiger charge is 1.93. The van der Waals surface area contributed by atoms with Gasteiger partial charge in [0.15, 0.2) is 10.2 Å². The van der Waals surface area contributed by atoms with Crippen LogP contribution in [0.1, 0.15) is 13.3 Å². The first-order valence-corrected chi connectivity index (χ1v) is 5.50. The van der Waals surface area contributed by atoms with Crippen LogP contribution in [0.5, 0.6) is 0 Å². The molecule has 0 atom stereocenters. The maximum Gasteiger partial charge on any atom is 0.186 e. The minimum atomic E-state index is 0.449. The van der Waals surface area contributed by atoms with Gasteiger partial charge < -0.3 is 10.6 Å². The van der Waals surface area contributed by atoms with Gasteiger partial charge in [-0.2, -0.15) is 10.2 Å². The Morgan fingerprint density at radius 1 is 1.12 bits per heavy atom. The third-order valence-electron chi connectivity index (χ3n) is 1.50. The molecule has 0 fully saturated rings. The van der Waals surface area contributed by atoms with Gasteiger partial charge in [0, 0.05) is 14.1 Å². The molecule has 0 aliphatic rings. The summed E-state index contributed by atoms with van der Waals surface area (Å²) in [6, 6.07) is 0. The average Bonchev–Trinajstić information content (AvgIpc) is 2.32.